The first-order valence-electron chi connectivity index (χ1n) is 15.1. The van der Waals surface area contributed by atoms with Gasteiger partial charge in [-0.05, 0) is 99.1 Å². The Bertz CT molecular complexity index is 1750. The Labute approximate surface area is 280 Å². The molecule has 0 saturated heterocycles. The quantitative estimate of drug-likeness (QED) is 0.182. The number of halogens is 3. The summed E-state index contributed by atoms with van der Waals surface area (Å²) in [5.74, 6) is -1.73. The van der Waals surface area contributed by atoms with Crippen molar-refractivity contribution >= 4 is 56.2 Å². The van der Waals surface area contributed by atoms with Crippen LogP contribution in [0.2, 0.25) is 5.02 Å². The number of benzene rings is 3. The molecular weight excluding hydrogens is 650 g/mol. The van der Waals surface area contributed by atoms with Gasteiger partial charge in [-0.15, -0.1) is 11.3 Å². The van der Waals surface area contributed by atoms with E-state index in [9.17, 15) is 22.9 Å². The van der Waals surface area contributed by atoms with Gasteiger partial charge < -0.3 is 19.1 Å². The number of hydrogen-bond donors (Lipinski definition) is 0. The number of rotatable bonds is 7. The molecule has 11 heteroatoms. The average Bonchev–Trinajstić information content (AvgIpc) is 3.38. The highest BCUT2D eigenvalue weighted by atomic mass is 35.5. The number of hydrogen-bond acceptors (Lipinski definition) is 5. The number of ether oxygens (including phenoxy) is 1. The van der Waals surface area contributed by atoms with Crippen molar-refractivity contribution in [3.05, 3.63) is 87.8 Å². The molecule has 0 aliphatic heterocycles. The molecule has 1 heterocycles. The predicted molar refractivity (Wildman–Crippen MR) is 181 cm³/mol. The Kier molecular flexibility index (Phi) is 10.3. The van der Waals surface area contributed by atoms with E-state index in [0.717, 1.165) is 40.2 Å². The number of amides is 2. The molecule has 1 atom stereocenters. The number of fused-ring (bicyclic) bond motifs is 1. The Morgan fingerprint density at radius 2 is 1.65 bits per heavy atom. The van der Waals surface area contributed by atoms with Crippen molar-refractivity contribution in [2.45, 2.75) is 75.6 Å². The summed E-state index contributed by atoms with van der Waals surface area (Å²) in [5.41, 5.74) is 1.93. The van der Waals surface area contributed by atoms with Crippen molar-refractivity contribution in [3.8, 4) is 11.1 Å². The zero-order valence-electron chi connectivity index (χ0n) is 26.4. The van der Waals surface area contributed by atoms with E-state index in [-0.39, 0.29) is 38.6 Å². The van der Waals surface area contributed by atoms with Crippen molar-refractivity contribution < 1.29 is 27.7 Å². The molecule has 0 bridgehead atoms. The SMILES string of the molecule is CN(C(=O)OC(C)(C)C)[C@H]1CC[C@H](N(Cc2cccc(-c3ccccc3[S+](C)[O-])c2)C(=O)c2sc3c(F)ccc(F)c3c2Cl)CC1. The van der Waals surface area contributed by atoms with Crippen molar-refractivity contribution in [3.63, 3.8) is 0 Å². The van der Waals surface area contributed by atoms with Crippen LogP contribution in [0, 0.1) is 11.6 Å². The first-order chi connectivity index (χ1) is 21.7. The van der Waals surface area contributed by atoms with E-state index in [2.05, 4.69) is 0 Å². The fourth-order valence-electron chi connectivity index (χ4n) is 5.96. The summed E-state index contributed by atoms with van der Waals surface area (Å²) in [7, 11) is 1.73. The third-order valence-electron chi connectivity index (χ3n) is 8.26. The Hall–Kier alpha value is -3.18. The minimum atomic E-state index is -1.20. The molecule has 244 valence electrons. The molecule has 0 N–H and O–H groups in total. The van der Waals surface area contributed by atoms with Crippen LogP contribution in [-0.4, -0.2) is 57.3 Å². The van der Waals surface area contributed by atoms with Gasteiger partial charge >= 0.3 is 6.09 Å². The van der Waals surface area contributed by atoms with Crippen LogP contribution in [0.25, 0.3) is 21.2 Å². The van der Waals surface area contributed by atoms with Gasteiger partial charge in [0.05, 0.1) is 15.1 Å². The largest absolute Gasteiger partial charge is 0.612 e. The van der Waals surface area contributed by atoms with Crippen LogP contribution in [-0.2, 0) is 22.5 Å². The van der Waals surface area contributed by atoms with E-state index in [1.54, 1.807) is 23.1 Å². The van der Waals surface area contributed by atoms with Gasteiger partial charge in [-0.3, -0.25) is 4.79 Å². The summed E-state index contributed by atoms with van der Waals surface area (Å²) in [5, 5.41) is -0.192. The molecule has 4 aromatic rings. The number of nitrogens with zero attached hydrogens (tertiary/aromatic N) is 2. The van der Waals surface area contributed by atoms with Crippen molar-refractivity contribution in [2.24, 2.45) is 0 Å². The molecule has 1 aliphatic rings. The Balaban J connectivity index is 1.47. The fraction of sp³-hybridized carbons (Fsp3) is 0.371. The van der Waals surface area contributed by atoms with E-state index in [0.29, 0.717) is 30.6 Å². The third kappa shape index (κ3) is 7.35. The average molecular weight is 687 g/mol. The second-order valence-electron chi connectivity index (χ2n) is 12.6. The minimum Gasteiger partial charge on any atom is -0.612 e. The van der Waals surface area contributed by atoms with Gasteiger partial charge in [0, 0.05) is 31.2 Å². The molecule has 1 saturated carbocycles. The molecule has 1 fully saturated rings. The first kappa shape index (κ1) is 34.2. The summed E-state index contributed by atoms with van der Waals surface area (Å²) in [4.78, 5) is 31.2. The summed E-state index contributed by atoms with van der Waals surface area (Å²) < 4.78 is 47.5. The Morgan fingerprint density at radius 1 is 1.00 bits per heavy atom. The molecule has 46 heavy (non-hydrogen) atoms. The highest BCUT2D eigenvalue weighted by Crippen LogP contribution is 2.40. The molecule has 1 unspecified atom stereocenters. The van der Waals surface area contributed by atoms with Crippen molar-refractivity contribution in [2.75, 3.05) is 13.3 Å². The predicted octanol–water partition coefficient (Wildman–Crippen LogP) is 9.06. The number of carbonyl (C=O) groups excluding carboxylic acids is 2. The monoisotopic (exact) mass is 686 g/mol. The minimum absolute atomic E-state index is 0.00200. The third-order valence-corrected chi connectivity index (χ3v) is 10.9. The van der Waals surface area contributed by atoms with Crippen molar-refractivity contribution in [1.29, 1.82) is 0 Å². The molecule has 2 amide bonds. The molecule has 0 spiro atoms. The topological polar surface area (TPSA) is 72.9 Å². The van der Waals surface area contributed by atoms with Crippen LogP contribution in [0.1, 0.15) is 61.7 Å². The normalized spacial score (nSPS) is 17.5. The molecule has 1 aliphatic carbocycles. The lowest BCUT2D eigenvalue weighted by atomic mass is 9.89. The highest BCUT2D eigenvalue weighted by molar-refractivity contribution is 7.90. The molecule has 5 rings (SSSR count). The summed E-state index contributed by atoms with van der Waals surface area (Å²) in [6.45, 7) is 5.69. The lowest BCUT2D eigenvalue weighted by molar-refractivity contribution is 0.0144. The highest BCUT2D eigenvalue weighted by Gasteiger charge is 2.35. The van der Waals surface area contributed by atoms with Gasteiger partial charge in [-0.25, -0.2) is 13.6 Å². The first-order valence-corrected chi connectivity index (χ1v) is 17.8. The maximum atomic E-state index is 14.8. The number of thiophene rings is 1. The van der Waals surface area contributed by atoms with Crippen LogP contribution >= 0.6 is 22.9 Å². The van der Waals surface area contributed by atoms with Gasteiger partial charge in [0.15, 0.2) is 4.90 Å². The van der Waals surface area contributed by atoms with Crippen LogP contribution in [0.5, 0.6) is 0 Å². The van der Waals surface area contributed by atoms with E-state index in [1.807, 2.05) is 69.3 Å². The zero-order valence-corrected chi connectivity index (χ0v) is 28.8. The standard InChI is InChI=1S/C35H37ClF2N2O4S2/c1-35(2,3)44-34(42)39(4)23-13-15-24(16-14-23)40(33(41)32-30(36)29-26(37)17-18-27(38)31(29)45-32)20-21-9-8-10-22(19-21)25-11-6-7-12-28(25)46(5)43/h6-12,17-19,23-24H,13-16,20H2,1-5H3/t23-,24-,46?. The molecule has 6 nitrogen and oxygen atoms in total. The lowest BCUT2D eigenvalue weighted by Crippen LogP contribution is -2.47. The second kappa shape index (κ2) is 13.9. The van der Waals surface area contributed by atoms with Crippen LogP contribution in [0.15, 0.2) is 65.6 Å². The van der Waals surface area contributed by atoms with Gasteiger partial charge in [0.1, 0.15) is 28.4 Å². The smallest absolute Gasteiger partial charge is 0.410 e. The van der Waals surface area contributed by atoms with Gasteiger partial charge in [-0.2, -0.15) is 0 Å². The van der Waals surface area contributed by atoms with Gasteiger partial charge in [0.25, 0.3) is 5.91 Å². The molecule has 0 radical (unpaired) electrons. The molecular formula is C35H37ClF2N2O4S2. The molecule has 3 aromatic carbocycles. The van der Waals surface area contributed by atoms with Crippen LogP contribution in [0.4, 0.5) is 13.6 Å². The van der Waals surface area contributed by atoms with Crippen LogP contribution in [0.3, 0.4) is 0 Å². The fourth-order valence-corrected chi connectivity index (χ4v) is 8.23. The van der Waals surface area contributed by atoms with Gasteiger partial charge in [0.2, 0.25) is 0 Å². The summed E-state index contributed by atoms with van der Waals surface area (Å²) in [6.07, 6.45) is 3.74. The lowest BCUT2D eigenvalue weighted by Gasteiger charge is -2.40. The van der Waals surface area contributed by atoms with E-state index >= 15 is 0 Å². The maximum Gasteiger partial charge on any atom is 0.410 e. The van der Waals surface area contributed by atoms with E-state index < -0.39 is 40.4 Å². The second-order valence-corrected chi connectivity index (χ2v) is 15.4. The summed E-state index contributed by atoms with van der Waals surface area (Å²) >= 11 is 6.24. The van der Waals surface area contributed by atoms with E-state index in [4.69, 9.17) is 16.3 Å². The number of carbonyl (C=O) groups is 2. The van der Waals surface area contributed by atoms with Gasteiger partial charge in [-0.1, -0.05) is 41.9 Å². The van der Waals surface area contributed by atoms with E-state index in [1.165, 1.54) is 0 Å². The summed E-state index contributed by atoms with van der Waals surface area (Å²) in [6, 6.07) is 17.0. The molecule has 1 aromatic heterocycles. The maximum absolute atomic E-state index is 14.8. The Morgan fingerprint density at radius 3 is 2.30 bits per heavy atom. The zero-order chi connectivity index (χ0) is 33.3. The van der Waals surface area contributed by atoms with Crippen LogP contribution < -0.4 is 0 Å². The van der Waals surface area contributed by atoms with Crippen molar-refractivity contribution in [1.82, 2.24) is 9.80 Å².